The maximum absolute atomic E-state index is 13.3. The SMILES string of the molecule is N#C/C(C(=O)NCc1ccco1)=C1\S[C@@H](Cc2ccc(F)cc2)C(=O)N1c1ccccc1. The number of carbonyl (C=O) groups excluding carboxylic acids is 2. The Bertz CT molecular complexity index is 1190. The summed E-state index contributed by atoms with van der Waals surface area (Å²) in [7, 11) is 0. The summed E-state index contributed by atoms with van der Waals surface area (Å²) in [5.74, 6) is -0.648. The van der Waals surface area contributed by atoms with Crippen LogP contribution >= 0.6 is 11.8 Å². The predicted octanol–water partition coefficient (Wildman–Crippen LogP) is 4.16. The Labute approximate surface area is 188 Å². The number of rotatable bonds is 6. The first kappa shape index (κ1) is 21.4. The average molecular weight is 447 g/mol. The molecule has 8 heteroatoms. The number of amides is 2. The summed E-state index contributed by atoms with van der Waals surface area (Å²) >= 11 is 1.16. The van der Waals surface area contributed by atoms with Crippen LogP contribution in [-0.4, -0.2) is 17.1 Å². The molecular weight excluding hydrogens is 429 g/mol. The number of hydrogen-bond acceptors (Lipinski definition) is 5. The van der Waals surface area contributed by atoms with E-state index in [4.69, 9.17) is 4.42 Å². The summed E-state index contributed by atoms with van der Waals surface area (Å²) in [6.45, 7) is 0.118. The van der Waals surface area contributed by atoms with Gasteiger partial charge in [0.15, 0.2) is 0 Å². The Morgan fingerprint density at radius 2 is 1.88 bits per heavy atom. The van der Waals surface area contributed by atoms with Crippen molar-refractivity contribution >= 4 is 29.3 Å². The summed E-state index contributed by atoms with van der Waals surface area (Å²) in [6.07, 6.45) is 1.83. The maximum atomic E-state index is 13.3. The van der Waals surface area contributed by atoms with Gasteiger partial charge in [0.2, 0.25) is 5.91 Å². The van der Waals surface area contributed by atoms with Gasteiger partial charge in [0.05, 0.1) is 18.1 Å². The van der Waals surface area contributed by atoms with Crippen LogP contribution in [0.1, 0.15) is 11.3 Å². The summed E-state index contributed by atoms with van der Waals surface area (Å²) in [6, 6.07) is 20.2. The molecule has 0 bridgehead atoms. The standard InChI is InChI=1S/C24H18FN3O3S/c25-17-10-8-16(9-11-17)13-21-23(30)28(18-5-2-1-3-6-18)24(32-21)20(14-26)22(29)27-15-19-7-4-12-31-19/h1-12,21H,13,15H2,(H,27,29)/b24-20+/t21-/m0/s1. The first-order valence-corrected chi connectivity index (χ1v) is 10.7. The summed E-state index contributed by atoms with van der Waals surface area (Å²) in [4.78, 5) is 27.5. The lowest BCUT2D eigenvalue weighted by Gasteiger charge is -2.18. The normalized spacial score (nSPS) is 17.2. The number of nitriles is 1. The van der Waals surface area contributed by atoms with Gasteiger partial charge in [-0.15, -0.1) is 0 Å². The van der Waals surface area contributed by atoms with Gasteiger partial charge in [-0.05, 0) is 48.4 Å². The van der Waals surface area contributed by atoms with Crippen LogP contribution in [0.2, 0.25) is 0 Å². The lowest BCUT2D eigenvalue weighted by Crippen LogP contribution is -2.32. The number of carbonyl (C=O) groups is 2. The minimum absolute atomic E-state index is 0.118. The third kappa shape index (κ3) is 4.58. The maximum Gasteiger partial charge on any atom is 0.265 e. The van der Waals surface area contributed by atoms with Crippen LogP contribution in [0.5, 0.6) is 0 Å². The van der Waals surface area contributed by atoms with E-state index >= 15 is 0 Å². The highest BCUT2D eigenvalue weighted by Gasteiger charge is 2.40. The molecule has 0 aliphatic carbocycles. The molecule has 0 radical (unpaired) electrons. The van der Waals surface area contributed by atoms with Crippen molar-refractivity contribution in [3.05, 3.63) is 101 Å². The minimum atomic E-state index is -0.595. The van der Waals surface area contributed by atoms with Crippen LogP contribution in [0, 0.1) is 17.1 Å². The van der Waals surface area contributed by atoms with Gasteiger partial charge in [-0.2, -0.15) is 5.26 Å². The molecule has 0 spiro atoms. The van der Waals surface area contributed by atoms with E-state index < -0.39 is 11.2 Å². The summed E-state index contributed by atoms with van der Waals surface area (Å²) in [5.41, 5.74) is 1.20. The number of thioether (sulfide) groups is 1. The smallest absolute Gasteiger partial charge is 0.265 e. The highest BCUT2D eigenvalue weighted by atomic mass is 32.2. The number of anilines is 1. The molecule has 2 aromatic carbocycles. The molecule has 1 fully saturated rings. The van der Waals surface area contributed by atoms with Crippen LogP contribution in [0.3, 0.4) is 0 Å². The van der Waals surface area contributed by atoms with Gasteiger partial charge in [-0.1, -0.05) is 42.1 Å². The Balaban J connectivity index is 1.66. The van der Waals surface area contributed by atoms with Gasteiger partial charge in [-0.3, -0.25) is 14.5 Å². The van der Waals surface area contributed by atoms with Gasteiger partial charge in [-0.25, -0.2) is 4.39 Å². The molecular formula is C24H18FN3O3S. The Hall–Kier alpha value is -3.83. The molecule has 3 aromatic rings. The zero-order valence-electron chi connectivity index (χ0n) is 16.8. The number of benzene rings is 2. The van der Waals surface area contributed by atoms with Crippen molar-refractivity contribution in [1.82, 2.24) is 5.32 Å². The Morgan fingerprint density at radius 3 is 2.53 bits per heavy atom. The van der Waals surface area contributed by atoms with E-state index in [1.54, 1.807) is 48.5 Å². The highest BCUT2D eigenvalue weighted by molar-refractivity contribution is 8.05. The number of para-hydroxylation sites is 1. The van der Waals surface area contributed by atoms with Gasteiger partial charge >= 0.3 is 0 Å². The summed E-state index contributed by atoms with van der Waals surface area (Å²) in [5, 5.41) is 12.2. The molecule has 1 N–H and O–H groups in total. The van der Waals surface area contributed by atoms with E-state index in [1.165, 1.54) is 23.3 Å². The molecule has 1 aromatic heterocycles. The van der Waals surface area contributed by atoms with Crippen molar-refractivity contribution < 1.29 is 18.4 Å². The van der Waals surface area contributed by atoms with Gasteiger partial charge < -0.3 is 9.73 Å². The van der Waals surface area contributed by atoms with E-state index in [1.807, 2.05) is 12.1 Å². The Kier molecular flexibility index (Phi) is 6.38. The predicted molar refractivity (Wildman–Crippen MR) is 119 cm³/mol. The van der Waals surface area contributed by atoms with Crippen LogP contribution in [0.15, 0.2) is 88.0 Å². The van der Waals surface area contributed by atoms with Crippen molar-refractivity contribution in [1.29, 1.82) is 5.26 Å². The molecule has 1 aliphatic rings. The van der Waals surface area contributed by atoms with Crippen LogP contribution < -0.4 is 10.2 Å². The third-order valence-electron chi connectivity index (χ3n) is 4.86. The van der Waals surface area contributed by atoms with Crippen molar-refractivity contribution in [3.8, 4) is 6.07 Å². The van der Waals surface area contributed by atoms with E-state index in [2.05, 4.69) is 5.32 Å². The second-order valence-electron chi connectivity index (χ2n) is 7.00. The van der Waals surface area contributed by atoms with Crippen molar-refractivity contribution in [2.45, 2.75) is 18.2 Å². The van der Waals surface area contributed by atoms with Crippen molar-refractivity contribution in [2.24, 2.45) is 0 Å². The molecule has 6 nitrogen and oxygen atoms in total. The third-order valence-corrected chi connectivity index (χ3v) is 6.12. The fourth-order valence-corrected chi connectivity index (χ4v) is 4.61. The highest BCUT2D eigenvalue weighted by Crippen LogP contribution is 2.41. The fourth-order valence-electron chi connectivity index (χ4n) is 3.30. The first-order chi connectivity index (χ1) is 15.6. The number of furan rings is 1. The monoisotopic (exact) mass is 447 g/mol. The molecule has 1 aliphatic heterocycles. The van der Waals surface area contributed by atoms with E-state index in [-0.39, 0.29) is 28.9 Å². The number of nitrogens with one attached hydrogen (secondary N) is 1. The van der Waals surface area contributed by atoms with Crippen LogP contribution in [0.4, 0.5) is 10.1 Å². The quantitative estimate of drug-likeness (QED) is 0.453. The molecule has 2 heterocycles. The average Bonchev–Trinajstić information content (AvgIpc) is 3.43. The van der Waals surface area contributed by atoms with Crippen LogP contribution in [-0.2, 0) is 22.6 Å². The molecule has 1 saturated heterocycles. The zero-order chi connectivity index (χ0) is 22.5. The minimum Gasteiger partial charge on any atom is -0.467 e. The van der Waals surface area contributed by atoms with E-state index in [0.717, 1.165) is 17.3 Å². The summed E-state index contributed by atoms with van der Waals surface area (Å²) < 4.78 is 18.5. The molecule has 1 atom stereocenters. The van der Waals surface area contributed by atoms with Crippen molar-refractivity contribution in [2.75, 3.05) is 4.90 Å². The van der Waals surface area contributed by atoms with Crippen molar-refractivity contribution in [3.63, 3.8) is 0 Å². The Morgan fingerprint density at radius 1 is 1.12 bits per heavy atom. The van der Waals surface area contributed by atoms with Gasteiger partial charge in [0.1, 0.15) is 28.2 Å². The molecule has 32 heavy (non-hydrogen) atoms. The molecule has 0 saturated carbocycles. The van der Waals surface area contributed by atoms with Gasteiger partial charge in [0.25, 0.3) is 5.91 Å². The van der Waals surface area contributed by atoms with Crippen LogP contribution in [0.25, 0.3) is 0 Å². The molecule has 2 amide bonds. The lowest BCUT2D eigenvalue weighted by molar-refractivity contribution is -0.117. The second-order valence-corrected chi connectivity index (χ2v) is 8.19. The molecule has 4 rings (SSSR count). The topological polar surface area (TPSA) is 86.3 Å². The fraction of sp³-hybridized carbons (Fsp3) is 0.125. The number of hydrogen-bond donors (Lipinski definition) is 1. The van der Waals surface area contributed by atoms with E-state index in [0.29, 0.717) is 17.9 Å². The molecule has 0 unspecified atom stereocenters. The van der Waals surface area contributed by atoms with E-state index in [9.17, 15) is 19.2 Å². The first-order valence-electron chi connectivity index (χ1n) is 9.82. The van der Waals surface area contributed by atoms with Gasteiger partial charge in [0, 0.05) is 5.69 Å². The second kappa shape index (κ2) is 9.54. The number of halogens is 1. The molecule has 160 valence electrons. The lowest BCUT2D eigenvalue weighted by atomic mass is 10.1. The zero-order valence-corrected chi connectivity index (χ0v) is 17.6. The largest absolute Gasteiger partial charge is 0.467 e. The number of nitrogens with zero attached hydrogens (tertiary/aromatic N) is 2.